The number of hydrogen-bond donors (Lipinski definition) is 2. The molecule has 2 aromatic heterocycles. The second-order valence-electron chi connectivity index (χ2n) is 11.9. The molecule has 1 aliphatic rings. The molecule has 0 saturated heterocycles. The van der Waals surface area contributed by atoms with Crippen LogP contribution in [0.5, 0.6) is 11.5 Å². The van der Waals surface area contributed by atoms with Crippen molar-refractivity contribution < 1.29 is 45.7 Å². The van der Waals surface area contributed by atoms with Gasteiger partial charge in [0, 0.05) is 47.9 Å². The van der Waals surface area contributed by atoms with Gasteiger partial charge >= 0.3 is 6.29 Å². The summed E-state index contributed by atoms with van der Waals surface area (Å²) in [6, 6.07) is 13.5. The topological polar surface area (TPSA) is 137 Å². The number of oxazole rings is 1. The molecule has 3 aromatic carbocycles. The molecule has 14 heteroatoms. The number of rotatable bonds is 8. The van der Waals surface area contributed by atoms with Gasteiger partial charge in [0.25, 0.3) is 0 Å². The van der Waals surface area contributed by atoms with Crippen LogP contribution in [0.3, 0.4) is 0 Å². The third-order valence-corrected chi connectivity index (χ3v) is 9.13. The fourth-order valence-electron chi connectivity index (χ4n) is 5.43. The molecule has 5 aromatic rings. The molecule has 3 heterocycles. The summed E-state index contributed by atoms with van der Waals surface area (Å²) in [6.07, 6.45) is -2.90. The summed E-state index contributed by atoms with van der Waals surface area (Å²) in [4.78, 5) is 4.30. The lowest BCUT2D eigenvalue weighted by atomic mass is 9.89. The van der Waals surface area contributed by atoms with Gasteiger partial charge in [-0.05, 0) is 53.6 Å². The largest absolute Gasteiger partial charge is 0.586 e. The van der Waals surface area contributed by atoms with E-state index < -0.39 is 34.0 Å². The smallest absolute Gasteiger partial charge is 0.440 e. The molecular formula is C33H30F3N3O7S. The molecule has 1 aliphatic heterocycles. The highest BCUT2D eigenvalue weighted by Gasteiger charge is 2.43. The zero-order valence-electron chi connectivity index (χ0n) is 25.9. The van der Waals surface area contributed by atoms with Crippen molar-refractivity contribution in [3.8, 4) is 56.5 Å². The van der Waals surface area contributed by atoms with E-state index in [0.29, 0.717) is 39.3 Å². The maximum Gasteiger partial charge on any atom is 0.586 e. The van der Waals surface area contributed by atoms with Gasteiger partial charge in [0.2, 0.25) is 0 Å². The number of hydrogen-bond acceptors (Lipinski definition) is 9. The minimum absolute atomic E-state index is 0.150. The molecule has 0 atom stereocenters. The Bertz CT molecular complexity index is 2160. The number of halogens is 3. The van der Waals surface area contributed by atoms with Crippen molar-refractivity contribution in [2.45, 2.75) is 44.0 Å². The molecule has 0 aliphatic carbocycles. The highest BCUT2D eigenvalue weighted by molar-refractivity contribution is 7.90. The molecule has 0 amide bonds. The average molecular weight is 670 g/mol. The lowest BCUT2D eigenvalue weighted by molar-refractivity contribution is -0.286. The van der Waals surface area contributed by atoms with Gasteiger partial charge in [-0.3, -0.25) is 4.68 Å². The van der Waals surface area contributed by atoms with E-state index in [-0.39, 0.29) is 45.8 Å². The minimum Gasteiger partial charge on any atom is -0.440 e. The van der Waals surface area contributed by atoms with Crippen LogP contribution in [0, 0.1) is 12.7 Å². The Kier molecular flexibility index (Phi) is 7.73. The van der Waals surface area contributed by atoms with E-state index in [4.69, 9.17) is 4.42 Å². The number of aliphatic hydroxyl groups excluding tert-OH is 2. The lowest BCUT2D eigenvalue weighted by Crippen LogP contribution is -2.25. The van der Waals surface area contributed by atoms with Crippen LogP contribution in [0.2, 0.25) is 0 Å². The van der Waals surface area contributed by atoms with Gasteiger partial charge < -0.3 is 24.1 Å². The quantitative estimate of drug-likeness (QED) is 0.204. The van der Waals surface area contributed by atoms with Crippen LogP contribution in [0.1, 0.15) is 31.0 Å². The van der Waals surface area contributed by atoms with Crippen molar-refractivity contribution in [3.63, 3.8) is 0 Å². The van der Waals surface area contributed by atoms with Gasteiger partial charge in [-0.1, -0.05) is 26.0 Å². The van der Waals surface area contributed by atoms with Gasteiger partial charge in [0.15, 0.2) is 33.0 Å². The van der Waals surface area contributed by atoms with Crippen molar-refractivity contribution in [1.82, 2.24) is 14.8 Å². The molecule has 246 valence electrons. The van der Waals surface area contributed by atoms with E-state index in [0.717, 1.165) is 12.3 Å². The predicted molar refractivity (Wildman–Crippen MR) is 165 cm³/mol. The van der Waals surface area contributed by atoms with Gasteiger partial charge in [-0.25, -0.2) is 17.8 Å². The predicted octanol–water partition coefficient (Wildman–Crippen LogP) is 6.01. The van der Waals surface area contributed by atoms with Gasteiger partial charge in [0.05, 0.1) is 29.5 Å². The SMILES string of the molecule is Cc1nc(-c2cc(-c3cc(F)c(CO)c(S(C)(=O)=O)c3)ccc2-c2cc(C(C)(C)CO)nn2C)c(-c2ccc3c(c2)OC(F)(F)O3)o1. The minimum atomic E-state index is -3.92. The Balaban J connectivity index is 1.60. The molecule has 0 unspecified atom stereocenters. The molecule has 10 nitrogen and oxygen atoms in total. The number of ether oxygens (including phenoxy) is 2. The number of alkyl halides is 2. The first-order valence-electron chi connectivity index (χ1n) is 14.3. The maximum atomic E-state index is 15.2. The normalized spacial score (nSPS) is 14.2. The first kappa shape index (κ1) is 32.3. The molecule has 0 radical (unpaired) electrons. The number of benzene rings is 3. The molecule has 6 rings (SSSR count). The van der Waals surface area contributed by atoms with E-state index >= 15 is 4.39 Å². The average Bonchev–Trinajstić information content (AvgIpc) is 3.68. The molecule has 47 heavy (non-hydrogen) atoms. The summed E-state index contributed by atoms with van der Waals surface area (Å²) >= 11 is 0. The van der Waals surface area contributed by atoms with Crippen LogP contribution >= 0.6 is 0 Å². The van der Waals surface area contributed by atoms with E-state index in [1.54, 1.807) is 36.9 Å². The van der Waals surface area contributed by atoms with Crippen LogP contribution in [0.25, 0.3) is 45.0 Å². The van der Waals surface area contributed by atoms with Crippen molar-refractivity contribution in [1.29, 1.82) is 0 Å². The molecule has 2 N–H and O–H groups in total. The number of aromatic nitrogens is 3. The summed E-state index contributed by atoms with van der Waals surface area (Å²) in [5.74, 6) is -0.785. The fraction of sp³-hybridized carbons (Fsp3) is 0.273. The Morgan fingerprint density at radius 2 is 1.64 bits per heavy atom. The zero-order valence-corrected chi connectivity index (χ0v) is 26.7. The molecule has 0 bridgehead atoms. The summed E-state index contributed by atoms with van der Waals surface area (Å²) in [6.45, 7) is 4.33. The fourth-order valence-corrected chi connectivity index (χ4v) is 6.38. The van der Waals surface area contributed by atoms with Crippen LogP contribution in [0.4, 0.5) is 13.2 Å². The Hall–Kier alpha value is -4.66. The van der Waals surface area contributed by atoms with Gasteiger partial charge in [-0.2, -0.15) is 5.10 Å². The zero-order chi connectivity index (χ0) is 34.1. The summed E-state index contributed by atoms with van der Waals surface area (Å²) < 4.78 is 84.8. The molecule has 0 spiro atoms. The molecule has 0 saturated carbocycles. The Morgan fingerprint density at radius 3 is 2.32 bits per heavy atom. The highest BCUT2D eigenvalue weighted by atomic mass is 32.2. The molecule has 0 fully saturated rings. The number of aryl methyl sites for hydroxylation is 2. The number of nitrogens with zero attached hydrogens (tertiary/aromatic N) is 3. The van der Waals surface area contributed by atoms with E-state index in [1.165, 1.54) is 24.3 Å². The summed E-state index contributed by atoms with van der Waals surface area (Å²) in [5, 5.41) is 24.3. The van der Waals surface area contributed by atoms with Crippen molar-refractivity contribution in [2.75, 3.05) is 12.9 Å². The number of aliphatic hydroxyl groups is 2. The standard InChI is InChI=1S/C33H30F3N3O7S/c1-17-37-30(31(44-17)19-7-9-26-27(12-19)46-33(35,36)45-26)22-10-18(20-11-24(34)23(15-40)28(13-20)47(5,42)43)6-8-21(22)25-14-29(38-39(25)4)32(2,3)16-41/h6-14,40-41H,15-16H2,1-5H3. The van der Waals surface area contributed by atoms with Crippen LogP contribution in [0.15, 0.2) is 63.9 Å². The number of fused-ring (bicyclic) bond motifs is 1. The van der Waals surface area contributed by atoms with Crippen molar-refractivity contribution >= 4 is 9.84 Å². The van der Waals surface area contributed by atoms with Crippen molar-refractivity contribution in [2.24, 2.45) is 7.05 Å². The van der Waals surface area contributed by atoms with E-state index in [2.05, 4.69) is 19.6 Å². The molecular weight excluding hydrogens is 639 g/mol. The highest BCUT2D eigenvalue weighted by Crippen LogP contribution is 2.46. The van der Waals surface area contributed by atoms with Crippen LogP contribution in [-0.4, -0.2) is 52.6 Å². The van der Waals surface area contributed by atoms with Crippen LogP contribution in [-0.2, 0) is 28.9 Å². The monoisotopic (exact) mass is 669 g/mol. The van der Waals surface area contributed by atoms with Crippen molar-refractivity contribution in [3.05, 3.63) is 77.6 Å². The Morgan fingerprint density at radius 1 is 0.936 bits per heavy atom. The first-order valence-corrected chi connectivity index (χ1v) is 16.2. The maximum absolute atomic E-state index is 15.2. The van der Waals surface area contributed by atoms with Crippen LogP contribution < -0.4 is 9.47 Å². The van der Waals surface area contributed by atoms with Gasteiger partial charge in [-0.15, -0.1) is 8.78 Å². The lowest BCUT2D eigenvalue weighted by Gasteiger charge is -2.18. The Labute approximate surface area is 267 Å². The van der Waals surface area contributed by atoms with Gasteiger partial charge in [0.1, 0.15) is 11.5 Å². The summed E-state index contributed by atoms with van der Waals surface area (Å²) in [5.41, 5.74) is 2.55. The van der Waals surface area contributed by atoms with E-state index in [9.17, 15) is 27.4 Å². The second kappa shape index (κ2) is 11.2. The third kappa shape index (κ3) is 5.88. The first-order chi connectivity index (χ1) is 22.0. The second-order valence-corrected chi connectivity index (χ2v) is 13.9. The van der Waals surface area contributed by atoms with E-state index in [1.807, 2.05) is 19.9 Å². The number of sulfone groups is 1. The third-order valence-electron chi connectivity index (χ3n) is 7.96. The summed E-state index contributed by atoms with van der Waals surface area (Å²) in [7, 11) is -2.18.